The predicted molar refractivity (Wildman–Crippen MR) is 86.8 cm³/mol. The van der Waals surface area contributed by atoms with E-state index in [0.717, 1.165) is 5.56 Å². The van der Waals surface area contributed by atoms with Crippen LogP contribution in [0.15, 0.2) is 30.3 Å². The van der Waals surface area contributed by atoms with Gasteiger partial charge >= 0.3 is 0 Å². The number of benzene rings is 1. The molecule has 1 heterocycles. The van der Waals surface area contributed by atoms with Crippen molar-refractivity contribution < 1.29 is 20.1 Å². The molecular formula is C17H26N2O4. The maximum atomic E-state index is 12.3. The zero-order valence-electron chi connectivity index (χ0n) is 13.6. The summed E-state index contributed by atoms with van der Waals surface area (Å²) >= 11 is 0. The second-order valence-electron chi connectivity index (χ2n) is 6.03. The molecule has 1 aromatic rings. The number of carbonyl (C=O) groups excluding carboxylic acids is 1. The molecule has 4 N–H and O–H groups in total. The summed E-state index contributed by atoms with van der Waals surface area (Å²) < 4.78 is 0. The Hall–Kier alpha value is -1.47. The van der Waals surface area contributed by atoms with Crippen LogP contribution in [0.4, 0.5) is 0 Å². The molecule has 128 valence electrons. The molecule has 0 spiro atoms. The highest BCUT2D eigenvalue weighted by Crippen LogP contribution is 2.25. The third kappa shape index (κ3) is 3.90. The second-order valence-corrected chi connectivity index (χ2v) is 6.03. The third-order valence-corrected chi connectivity index (χ3v) is 4.52. The summed E-state index contributed by atoms with van der Waals surface area (Å²) in [5.41, 5.74) is 1.12. The number of likely N-dealkylation sites (tertiary alicyclic amines) is 1. The molecule has 1 aliphatic rings. The molecule has 0 aliphatic carbocycles. The highest BCUT2D eigenvalue weighted by atomic mass is 16.4. The lowest BCUT2D eigenvalue weighted by atomic mass is 9.87. The molecule has 1 saturated heterocycles. The first-order valence-corrected chi connectivity index (χ1v) is 8.09. The molecular weight excluding hydrogens is 296 g/mol. The number of piperidine rings is 1. The molecule has 1 aliphatic heterocycles. The van der Waals surface area contributed by atoms with E-state index < -0.39 is 30.4 Å². The molecule has 2 rings (SSSR count). The van der Waals surface area contributed by atoms with Crippen molar-refractivity contribution in [3.63, 3.8) is 0 Å². The summed E-state index contributed by atoms with van der Waals surface area (Å²) in [5, 5.41) is 33.1. The first-order valence-electron chi connectivity index (χ1n) is 8.09. The zero-order valence-corrected chi connectivity index (χ0v) is 13.6. The summed E-state index contributed by atoms with van der Waals surface area (Å²) in [4.78, 5) is 14.1. The molecule has 23 heavy (non-hydrogen) atoms. The van der Waals surface area contributed by atoms with Crippen molar-refractivity contribution in [2.24, 2.45) is 0 Å². The lowest BCUT2D eigenvalue weighted by Gasteiger charge is -2.47. The molecule has 5 unspecified atom stereocenters. The Morgan fingerprint density at radius 3 is 2.39 bits per heavy atom. The molecule has 0 bridgehead atoms. The van der Waals surface area contributed by atoms with Gasteiger partial charge < -0.3 is 20.6 Å². The quantitative estimate of drug-likeness (QED) is 0.588. The van der Waals surface area contributed by atoms with E-state index in [4.69, 9.17) is 0 Å². The summed E-state index contributed by atoms with van der Waals surface area (Å²) in [6, 6.07) is 8.54. The lowest BCUT2D eigenvalue weighted by molar-refractivity contribution is -0.171. The summed E-state index contributed by atoms with van der Waals surface area (Å²) in [5.74, 6) is -0.328. The highest BCUT2D eigenvalue weighted by molar-refractivity contribution is 5.82. The number of amides is 1. The minimum absolute atomic E-state index is 0.328. The number of carbonyl (C=O) groups is 1. The number of nitrogens with zero attached hydrogens (tertiary/aromatic N) is 1. The van der Waals surface area contributed by atoms with Gasteiger partial charge in [0.1, 0.15) is 18.2 Å². The number of aliphatic hydroxyl groups is 3. The van der Waals surface area contributed by atoms with Crippen LogP contribution < -0.4 is 5.32 Å². The Kier molecular flexibility index (Phi) is 6.12. The Morgan fingerprint density at radius 2 is 1.78 bits per heavy atom. The molecule has 0 saturated carbocycles. The molecule has 6 nitrogen and oxygen atoms in total. The molecule has 0 aromatic heterocycles. The van der Waals surface area contributed by atoms with E-state index in [1.807, 2.05) is 30.3 Å². The Labute approximate surface area is 136 Å². The highest BCUT2D eigenvalue weighted by Gasteiger charge is 2.48. The van der Waals surface area contributed by atoms with Gasteiger partial charge in [0.2, 0.25) is 5.91 Å². The standard InChI is InChI=1S/C17H26N2O4/c1-3-18-17(23)13-15(21)16(22)14(20)11(2)19(13)10-9-12-7-5-4-6-8-12/h4-8,11,13-16,20-22H,3,9-10H2,1-2H3,(H,18,23). The fourth-order valence-corrected chi connectivity index (χ4v) is 3.15. The second kappa shape index (κ2) is 7.88. The minimum Gasteiger partial charge on any atom is -0.389 e. The van der Waals surface area contributed by atoms with E-state index in [0.29, 0.717) is 19.5 Å². The maximum Gasteiger partial charge on any atom is 0.240 e. The van der Waals surface area contributed by atoms with Crippen molar-refractivity contribution >= 4 is 5.91 Å². The first kappa shape index (κ1) is 17.9. The monoisotopic (exact) mass is 322 g/mol. The normalized spacial score (nSPS) is 31.8. The van der Waals surface area contributed by atoms with Crippen LogP contribution in [0.25, 0.3) is 0 Å². The molecule has 6 heteroatoms. The van der Waals surface area contributed by atoms with Gasteiger partial charge in [-0.2, -0.15) is 0 Å². The zero-order chi connectivity index (χ0) is 17.0. The van der Waals surface area contributed by atoms with Gasteiger partial charge in [-0.3, -0.25) is 9.69 Å². The number of likely N-dealkylation sites (N-methyl/N-ethyl adjacent to an activating group) is 1. The molecule has 1 amide bonds. The van der Waals surface area contributed by atoms with Crippen LogP contribution in [0.1, 0.15) is 19.4 Å². The fourth-order valence-electron chi connectivity index (χ4n) is 3.15. The summed E-state index contributed by atoms with van der Waals surface area (Å²) in [6.45, 7) is 4.52. The van der Waals surface area contributed by atoms with Crippen molar-refractivity contribution in [1.29, 1.82) is 0 Å². The average molecular weight is 322 g/mol. The Balaban J connectivity index is 2.17. The van der Waals surface area contributed by atoms with Gasteiger partial charge in [0.15, 0.2) is 0 Å². The number of hydrogen-bond acceptors (Lipinski definition) is 5. The molecule has 1 aromatic carbocycles. The van der Waals surface area contributed by atoms with Crippen LogP contribution in [0.5, 0.6) is 0 Å². The minimum atomic E-state index is -1.33. The van der Waals surface area contributed by atoms with Crippen LogP contribution in [-0.2, 0) is 11.2 Å². The van der Waals surface area contributed by atoms with Gasteiger partial charge in [0, 0.05) is 19.1 Å². The first-order chi connectivity index (χ1) is 11.0. The largest absolute Gasteiger partial charge is 0.389 e. The summed E-state index contributed by atoms with van der Waals surface area (Å²) in [6.07, 6.45) is -3.04. The predicted octanol–water partition coefficient (Wildman–Crippen LogP) is -0.479. The van der Waals surface area contributed by atoms with Crippen LogP contribution >= 0.6 is 0 Å². The van der Waals surface area contributed by atoms with Gasteiger partial charge in [-0.15, -0.1) is 0 Å². The van der Waals surface area contributed by atoms with E-state index >= 15 is 0 Å². The number of nitrogens with one attached hydrogen (secondary N) is 1. The molecule has 5 atom stereocenters. The number of hydrogen-bond donors (Lipinski definition) is 4. The van der Waals surface area contributed by atoms with E-state index in [1.165, 1.54) is 0 Å². The van der Waals surface area contributed by atoms with Gasteiger partial charge in [0.05, 0.1) is 6.10 Å². The number of rotatable bonds is 5. The lowest BCUT2D eigenvalue weighted by Crippen LogP contribution is -2.69. The van der Waals surface area contributed by atoms with E-state index in [2.05, 4.69) is 5.32 Å². The molecule has 0 radical (unpaired) electrons. The van der Waals surface area contributed by atoms with Gasteiger partial charge in [-0.05, 0) is 25.8 Å². The van der Waals surface area contributed by atoms with E-state index in [9.17, 15) is 20.1 Å². The smallest absolute Gasteiger partial charge is 0.240 e. The van der Waals surface area contributed by atoms with Gasteiger partial charge in [-0.1, -0.05) is 30.3 Å². The van der Waals surface area contributed by atoms with E-state index in [-0.39, 0.29) is 5.91 Å². The summed E-state index contributed by atoms with van der Waals surface area (Å²) in [7, 11) is 0. The van der Waals surface area contributed by atoms with Crippen molar-refractivity contribution in [1.82, 2.24) is 10.2 Å². The maximum absolute atomic E-state index is 12.3. The van der Waals surface area contributed by atoms with Crippen molar-refractivity contribution in [3.05, 3.63) is 35.9 Å². The fraction of sp³-hybridized carbons (Fsp3) is 0.588. The van der Waals surface area contributed by atoms with Gasteiger partial charge in [-0.25, -0.2) is 0 Å². The van der Waals surface area contributed by atoms with Crippen LogP contribution in [0.3, 0.4) is 0 Å². The van der Waals surface area contributed by atoms with E-state index in [1.54, 1.807) is 18.7 Å². The molecule has 1 fully saturated rings. The van der Waals surface area contributed by atoms with Crippen molar-refractivity contribution in [3.8, 4) is 0 Å². The van der Waals surface area contributed by atoms with Crippen LogP contribution in [0, 0.1) is 0 Å². The third-order valence-electron chi connectivity index (χ3n) is 4.52. The Morgan fingerprint density at radius 1 is 1.13 bits per heavy atom. The van der Waals surface area contributed by atoms with Crippen molar-refractivity contribution in [2.75, 3.05) is 13.1 Å². The SMILES string of the molecule is CCNC(=O)C1C(O)C(O)C(O)C(C)N1CCc1ccccc1. The van der Waals surface area contributed by atoms with Crippen molar-refractivity contribution in [2.45, 2.75) is 50.7 Å². The topological polar surface area (TPSA) is 93.0 Å². The number of aliphatic hydroxyl groups excluding tert-OH is 3. The van der Waals surface area contributed by atoms with Crippen LogP contribution in [0.2, 0.25) is 0 Å². The van der Waals surface area contributed by atoms with Crippen LogP contribution in [-0.4, -0.2) is 69.6 Å². The van der Waals surface area contributed by atoms with Gasteiger partial charge in [0.25, 0.3) is 0 Å². The average Bonchev–Trinajstić information content (AvgIpc) is 2.56. The Bertz CT molecular complexity index is 511.